The van der Waals surface area contributed by atoms with Crippen LogP contribution in [0.25, 0.3) is 0 Å². The van der Waals surface area contributed by atoms with Gasteiger partial charge in [-0.1, -0.05) is 0 Å². The second-order valence-electron chi connectivity index (χ2n) is 4.58. The van der Waals surface area contributed by atoms with E-state index >= 15 is 0 Å². The lowest BCUT2D eigenvalue weighted by atomic mass is 10.3. The monoisotopic (exact) mass is 314 g/mol. The molecule has 0 heterocycles. The summed E-state index contributed by atoms with van der Waals surface area (Å²) in [4.78, 5) is 12.8. The van der Waals surface area contributed by atoms with E-state index in [4.69, 9.17) is 0 Å². The number of anilines is 1. The van der Waals surface area contributed by atoms with Crippen molar-refractivity contribution in [3.8, 4) is 0 Å². The Kier molecular flexibility index (Phi) is 6.44. The number of carbonyl (C=O) groups is 1. The molecule has 118 valence electrons. The van der Waals surface area contributed by atoms with Crippen LogP contribution in [-0.2, 0) is 10.0 Å². The summed E-state index contributed by atoms with van der Waals surface area (Å²) in [7, 11) is -0.320. The first-order valence-corrected chi connectivity index (χ1v) is 8.14. The number of rotatable bonds is 7. The highest BCUT2D eigenvalue weighted by Crippen LogP contribution is 2.13. The van der Waals surface area contributed by atoms with Crippen molar-refractivity contribution in [3.05, 3.63) is 24.3 Å². The third-order valence-corrected chi connectivity index (χ3v) is 4.12. The number of hydrogen-bond donors (Lipinski definition) is 3. The molecule has 0 atom stereocenters. The van der Waals surface area contributed by atoms with E-state index in [1.165, 1.54) is 4.90 Å². The summed E-state index contributed by atoms with van der Waals surface area (Å²) in [6.07, 6.45) is 0. The van der Waals surface area contributed by atoms with E-state index in [0.29, 0.717) is 0 Å². The highest BCUT2D eigenvalue weighted by molar-refractivity contribution is 7.89. The summed E-state index contributed by atoms with van der Waals surface area (Å²) in [6.45, 7) is 3.10. The zero-order valence-corrected chi connectivity index (χ0v) is 13.3. The van der Waals surface area contributed by atoms with Crippen LogP contribution in [0.1, 0.15) is 6.92 Å². The normalized spacial score (nSPS) is 11.0. The van der Waals surface area contributed by atoms with Crippen molar-refractivity contribution in [1.29, 1.82) is 0 Å². The first-order valence-electron chi connectivity index (χ1n) is 6.65. The first kappa shape index (κ1) is 17.3. The lowest BCUT2D eigenvalue weighted by Gasteiger charge is -2.12. The largest absolute Gasteiger partial charge is 0.385 e. The van der Waals surface area contributed by atoms with Crippen molar-refractivity contribution in [1.82, 2.24) is 14.9 Å². The van der Waals surface area contributed by atoms with E-state index in [1.54, 1.807) is 38.4 Å². The van der Waals surface area contributed by atoms with Crippen LogP contribution in [-0.4, -0.2) is 53.1 Å². The topological polar surface area (TPSA) is 90.5 Å². The van der Waals surface area contributed by atoms with Gasteiger partial charge in [0.1, 0.15) is 0 Å². The molecule has 0 aliphatic heterocycles. The number of urea groups is 1. The maximum atomic E-state index is 12.0. The van der Waals surface area contributed by atoms with Gasteiger partial charge in [-0.3, -0.25) is 0 Å². The van der Waals surface area contributed by atoms with E-state index < -0.39 is 10.0 Å². The second kappa shape index (κ2) is 7.84. The Balaban J connectivity index is 2.51. The van der Waals surface area contributed by atoms with Gasteiger partial charge in [-0.25, -0.2) is 17.9 Å². The minimum atomic E-state index is -3.55. The number of carbonyl (C=O) groups excluding carboxylic acids is 1. The lowest BCUT2D eigenvalue weighted by Crippen LogP contribution is -2.39. The molecule has 0 aromatic heterocycles. The number of nitrogens with zero attached hydrogens (tertiary/aromatic N) is 1. The van der Waals surface area contributed by atoms with E-state index in [0.717, 1.165) is 12.2 Å². The number of amides is 2. The smallest absolute Gasteiger partial charge is 0.316 e. The maximum absolute atomic E-state index is 12.0. The molecule has 1 aromatic rings. The van der Waals surface area contributed by atoms with Crippen LogP contribution >= 0.6 is 0 Å². The molecule has 0 unspecified atom stereocenters. The van der Waals surface area contributed by atoms with Gasteiger partial charge < -0.3 is 15.5 Å². The van der Waals surface area contributed by atoms with Crippen LogP contribution in [0.15, 0.2) is 29.2 Å². The molecule has 2 amide bonds. The van der Waals surface area contributed by atoms with E-state index in [-0.39, 0.29) is 24.0 Å². The van der Waals surface area contributed by atoms with Crippen LogP contribution in [0, 0.1) is 0 Å². The van der Waals surface area contributed by atoms with Crippen molar-refractivity contribution in [2.75, 3.05) is 39.0 Å². The molecule has 1 aromatic carbocycles. The van der Waals surface area contributed by atoms with Crippen molar-refractivity contribution >= 4 is 21.7 Å². The van der Waals surface area contributed by atoms with Crippen molar-refractivity contribution < 1.29 is 13.2 Å². The van der Waals surface area contributed by atoms with Gasteiger partial charge in [0.2, 0.25) is 10.0 Å². The molecular weight excluding hydrogens is 292 g/mol. The molecule has 0 aliphatic rings. The number of benzene rings is 1. The minimum Gasteiger partial charge on any atom is -0.385 e. The number of hydrogen-bond acceptors (Lipinski definition) is 4. The Morgan fingerprint density at radius 2 is 1.76 bits per heavy atom. The van der Waals surface area contributed by atoms with Gasteiger partial charge in [0.05, 0.1) is 4.90 Å². The minimum absolute atomic E-state index is 0.136. The quantitative estimate of drug-likeness (QED) is 0.645. The average Bonchev–Trinajstić information content (AvgIpc) is 2.44. The van der Waals surface area contributed by atoms with Gasteiger partial charge >= 0.3 is 6.03 Å². The summed E-state index contributed by atoms with van der Waals surface area (Å²) in [5.41, 5.74) is 0.870. The van der Waals surface area contributed by atoms with Gasteiger partial charge in [-0.2, -0.15) is 0 Å². The van der Waals surface area contributed by atoms with E-state index in [1.807, 2.05) is 6.92 Å². The van der Waals surface area contributed by atoms with Gasteiger partial charge in [-0.15, -0.1) is 0 Å². The number of nitrogens with one attached hydrogen (secondary N) is 3. The van der Waals surface area contributed by atoms with Crippen LogP contribution in [0.2, 0.25) is 0 Å². The van der Waals surface area contributed by atoms with Crippen LogP contribution in [0.4, 0.5) is 10.5 Å². The summed E-state index contributed by atoms with van der Waals surface area (Å²) in [5.74, 6) is 0. The van der Waals surface area contributed by atoms with Gasteiger partial charge in [0, 0.05) is 39.4 Å². The predicted molar refractivity (Wildman–Crippen MR) is 82.9 cm³/mol. The Bertz CT molecular complexity index is 555. The fraction of sp³-hybridized carbons (Fsp3) is 0.462. The molecule has 3 N–H and O–H groups in total. The summed E-state index contributed by atoms with van der Waals surface area (Å²) in [6, 6.07) is 6.25. The Morgan fingerprint density at radius 3 is 2.29 bits per heavy atom. The van der Waals surface area contributed by atoms with Crippen molar-refractivity contribution in [3.63, 3.8) is 0 Å². The Labute approximate surface area is 125 Å². The highest BCUT2D eigenvalue weighted by atomic mass is 32.2. The standard InChI is InChI=1S/C13H22N4O3S/c1-4-14-11-5-7-12(8-6-11)21(19,20)16-10-9-15-13(18)17(2)3/h5-8,14,16H,4,9-10H2,1-3H3,(H,15,18). The molecule has 8 heteroatoms. The fourth-order valence-electron chi connectivity index (χ4n) is 1.55. The summed E-state index contributed by atoms with van der Waals surface area (Å²) < 4.78 is 26.5. The molecule has 0 radical (unpaired) electrons. The van der Waals surface area contributed by atoms with E-state index in [9.17, 15) is 13.2 Å². The highest BCUT2D eigenvalue weighted by Gasteiger charge is 2.13. The van der Waals surface area contributed by atoms with Crippen LogP contribution in [0.3, 0.4) is 0 Å². The number of sulfonamides is 1. The molecule has 0 bridgehead atoms. The third-order valence-electron chi connectivity index (χ3n) is 2.65. The Hall–Kier alpha value is -1.80. The molecule has 21 heavy (non-hydrogen) atoms. The van der Waals surface area contributed by atoms with Gasteiger partial charge in [-0.05, 0) is 31.2 Å². The SMILES string of the molecule is CCNc1ccc(S(=O)(=O)NCCNC(=O)N(C)C)cc1. The molecule has 0 saturated heterocycles. The molecule has 7 nitrogen and oxygen atoms in total. The molecule has 1 rings (SSSR count). The molecule has 0 fully saturated rings. The predicted octanol–water partition coefficient (Wildman–Crippen LogP) is 0.668. The van der Waals surface area contributed by atoms with E-state index in [2.05, 4.69) is 15.4 Å². The zero-order valence-electron chi connectivity index (χ0n) is 12.5. The van der Waals surface area contributed by atoms with Crippen molar-refractivity contribution in [2.24, 2.45) is 0 Å². The summed E-state index contributed by atoms with van der Waals surface area (Å²) >= 11 is 0. The van der Waals surface area contributed by atoms with Crippen LogP contribution < -0.4 is 15.4 Å². The average molecular weight is 314 g/mol. The maximum Gasteiger partial charge on any atom is 0.316 e. The molecule has 0 saturated carbocycles. The molecule has 0 aliphatic carbocycles. The molecular formula is C13H22N4O3S. The van der Waals surface area contributed by atoms with Gasteiger partial charge in [0.15, 0.2) is 0 Å². The third kappa shape index (κ3) is 5.60. The van der Waals surface area contributed by atoms with Crippen LogP contribution in [0.5, 0.6) is 0 Å². The first-order chi connectivity index (χ1) is 9.86. The van der Waals surface area contributed by atoms with Crippen molar-refractivity contribution in [2.45, 2.75) is 11.8 Å². The zero-order chi connectivity index (χ0) is 15.9. The second-order valence-corrected chi connectivity index (χ2v) is 6.35. The fourth-order valence-corrected chi connectivity index (χ4v) is 2.58. The summed E-state index contributed by atoms with van der Waals surface area (Å²) in [5, 5.41) is 5.68. The Morgan fingerprint density at radius 1 is 1.14 bits per heavy atom. The molecule has 0 spiro atoms. The lowest BCUT2D eigenvalue weighted by molar-refractivity contribution is 0.217. The van der Waals surface area contributed by atoms with Gasteiger partial charge in [0.25, 0.3) is 0 Å².